The zero-order chi connectivity index (χ0) is 16.9. The average Bonchev–Trinajstić information content (AvgIpc) is 3.09. The number of aryl methyl sites for hydroxylation is 1. The van der Waals surface area contributed by atoms with Crippen molar-refractivity contribution in [3.05, 3.63) is 58.1 Å². The van der Waals surface area contributed by atoms with Gasteiger partial charge in [0.05, 0.1) is 0 Å². The average molecular weight is 327 g/mol. The third-order valence-corrected chi connectivity index (χ3v) is 4.24. The zero-order valence-electron chi connectivity index (χ0n) is 13.7. The van der Waals surface area contributed by atoms with E-state index in [-0.39, 0.29) is 17.6 Å². The van der Waals surface area contributed by atoms with Crippen LogP contribution in [0, 0.1) is 0 Å². The first-order valence-corrected chi connectivity index (χ1v) is 8.19. The Bertz CT molecular complexity index is 779. The number of pyridine rings is 2. The first kappa shape index (κ1) is 16.2. The summed E-state index contributed by atoms with van der Waals surface area (Å²) in [6, 6.07) is 6.66. The van der Waals surface area contributed by atoms with Crippen LogP contribution in [-0.4, -0.2) is 21.6 Å². The lowest BCUT2D eigenvalue weighted by Gasteiger charge is -2.15. The highest BCUT2D eigenvalue weighted by molar-refractivity contribution is 5.93. The fraction of sp³-hybridized carbons (Fsp3) is 0.389. The molecule has 1 aliphatic carbocycles. The molecule has 1 amide bonds. The molecule has 0 aromatic carbocycles. The second-order valence-electron chi connectivity index (χ2n) is 6.04. The normalized spacial score (nSPS) is 14.5. The van der Waals surface area contributed by atoms with E-state index >= 15 is 0 Å². The van der Waals surface area contributed by atoms with Gasteiger partial charge in [-0.2, -0.15) is 0 Å². The molecular weight excluding hydrogens is 306 g/mol. The number of carbonyl (C=O) groups is 1. The SMILES string of the molecule is Cn1ccc(C(=O)NCc2cccnc2OC2CCCC2)cc1=O. The Morgan fingerprint density at radius 3 is 2.92 bits per heavy atom. The number of aromatic nitrogens is 2. The Balaban J connectivity index is 1.66. The summed E-state index contributed by atoms with van der Waals surface area (Å²) in [5.41, 5.74) is 0.969. The monoisotopic (exact) mass is 327 g/mol. The van der Waals surface area contributed by atoms with Crippen molar-refractivity contribution < 1.29 is 9.53 Å². The predicted octanol–water partition coefficient (Wildman–Crippen LogP) is 2.03. The van der Waals surface area contributed by atoms with Gasteiger partial charge in [0.15, 0.2) is 0 Å². The molecule has 3 rings (SSSR count). The smallest absolute Gasteiger partial charge is 0.251 e. The summed E-state index contributed by atoms with van der Waals surface area (Å²) < 4.78 is 7.39. The molecule has 1 N–H and O–H groups in total. The largest absolute Gasteiger partial charge is 0.474 e. The van der Waals surface area contributed by atoms with Crippen molar-refractivity contribution in [1.82, 2.24) is 14.9 Å². The molecule has 0 radical (unpaired) electrons. The van der Waals surface area contributed by atoms with E-state index in [4.69, 9.17) is 4.74 Å². The van der Waals surface area contributed by atoms with E-state index in [1.54, 1.807) is 25.5 Å². The molecule has 0 atom stereocenters. The molecule has 126 valence electrons. The van der Waals surface area contributed by atoms with Crippen LogP contribution in [0.2, 0.25) is 0 Å². The minimum Gasteiger partial charge on any atom is -0.474 e. The first-order chi connectivity index (χ1) is 11.6. The standard InChI is InChI=1S/C18H21N3O3/c1-21-10-8-13(11-16(21)22)17(23)20-12-14-5-4-9-19-18(14)24-15-6-2-3-7-15/h4-5,8-11,15H,2-3,6-7,12H2,1H3,(H,20,23). The molecular formula is C18H21N3O3. The Morgan fingerprint density at radius 2 is 2.17 bits per heavy atom. The summed E-state index contributed by atoms with van der Waals surface area (Å²) in [5, 5.41) is 2.82. The molecule has 6 heteroatoms. The van der Waals surface area contributed by atoms with Crippen LogP contribution in [0.1, 0.15) is 41.6 Å². The molecule has 2 aromatic rings. The maximum Gasteiger partial charge on any atom is 0.251 e. The molecule has 2 aromatic heterocycles. The van der Waals surface area contributed by atoms with Gasteiger partial charge in [-0.15, -0.1) is 0 Å². The highest BCUT2D eigenvalue weighted by atomic mass is 16.5. The Morgan fingerprint density at radius 1 is 1.38 bits per heavy atom. The third kappa shape index (κ3) is 3.82. The van der Waals surface area contributed by atoms with Gasteiger partial charge < -0.3 is 14.6 Å². The lowest BCUT2D eigenvalue weighted by Crippen LogP contribution is -2.26. The van der Waals surface area contributed by atoms with Gasteiger partial charge in [0, 0.05) is 43.2 Å². The molecule has 2 heterocycles. The van der Waals surface area contributed by atoms with Gasteiger partial charge in [-0.1, -0.05) is 6.07 Å². The number of nitrogens with zero attached hydrogens (tertiary/aromatic N) is 2. The quantitative estimate of drug-likeness (QED) is 0.912. The van der Waals surface area contributed by atoms with E-state index in [1.807, 2.05) is 12.1 Å². The van der Waals surface area contributed by atoms with Crippen LogP contribution >= 0.6 is 0 Å². The Kier molecular flexibility index (Phi) is 4.93. The summed E-state index contributed by atoms with van der Waals surface area (Å²) in [6.45, 7) is 0.309. The molecule has 0 bridgehead atoms. The summed E-state index contributed by atoms with van der Waals surface area (Å²) >= 11 is 0. The lowest BCUT2D eigenvalue weighted by atomic mass is 10.2. The predicted molar refractivity (Wildman–Crippen MR) is 90.0 cm³/mol. The van der Waals surface area contributed by atoms with E-state index < -0.39 is 0 Å². The van der Waals surface area contributed by atoms with Crippen LogP contribution < -0.4 is 15.6 Å². The molecule has 1 fully saturated rings. The van der Waals surface area contributed by atoms with Crippen LogP contribution in [0.4, 0.5) is 0 Å². The van der Waals surface area contributed by atoms with E-state index in [2.05, 4.69) is 10.3 Å². The minimum atomic E-state index is -0.289. The molecule has 0 aliphatic heterocycles. The fourth-order valence-corrected chi connectivity index (χ4v) is 2.80. The zero-order valence-corrected chi connectivity index (χ0v) is 13.7. The van der Waals surface area contributed by atoms with E-state index in [1.165, 1.54) is 23.5 Å². The van der Waals surface area contributed by atoms with Gasteiger partial charge in [0.2, 0.25) is 5.88 Å². The molecule has 24 heavy (non-hydrogen) atoms. The number of amides is 1. The maximum atomic E-state index is 12.2. The number of ether oxygens (including phenoxy) is 1. The third-order valence-electron chi connectivity index (χ3n) is 4.24. The summed E-state index contributed by atoms with van der Waals surface area (Å²) in [5.74, 6) is 0.289. The van der Waals surface area contributed by atoms with Gasteiger partial charge in [-0.3, -0.25) is 9.59 Å². The summed E-state index contributed by atoms with van der Waals surface area (Å²) in [7, 11) is 1.65. The highest BCUT2D eigenvalue weighted by Crippen LogP contribution is 2.24. The van der Waals surface area contributed by atoms with Crippen LogP contribution in [0.3, 0.4) is 0 Å². The Labute approximate surface area is 140 Å². The van der Waals surface area contributed by atoms with E-state index in [0.717, 1.165) is 18.4 Å². The molecule has 6 nitrogen and oxygen atoms in total. The van der Waals surface area contributed by atoms with Gasteiger partial charge in [0.1, 0.15) is 6.10 Å². The number of hydrogen-bond donors (Lipinski definition) is 1. The fourth-order valence-electron chi connectivity index (χ4n) is 2.80. The van der Waals surface area contributed by atoms with E-state index in [0.29, 0.717) is 18.0 Å². The van der Waals surface area contributed by atoms with Crippen molar-refractivity contribution in [1.29, 1.82) is 0 Å². The summed E-state index contributed by atoms with van der Waals surface area (Å²) in [4.78, 5) is 28.1. The number of hydrogen-bond acceptors (Lipinski definition) is 4. The van der Waals surface area contributed by atoms with Crippen LogP contribution in [0.15, 0.2) is 41.5 Å². The van der Waals surface area contributed by atoms with Gasteiger partial charge in [-0.25, -0.2) is 4.98 Å². The lowest BCUT2D eigenvalue weighted by molar-refractivity contribution is 0.0950. The van der Waals surface area contributed by atoms with Crippen LogP contribution in [-0.2, 0) is 13.6 Å². The van der Waals surface area contributed by atoms with Gasteiger partial charge in [0.25, 0.3) is 11.5 Å². The molecule has 1 aliphatic rings. The minimum absolute atomic E-state index is 0.214. The molecule has 1 saturated carbocycles. The topological polar surface area (TPSA) is 73.2 Å². The molecule has 0 saturated heterocycles. The van der Waals surface area contributed by atoms with Crippen molar-refractivity contribution >= 4 is 5.91 Å². The number of carbonyl (C=O) groups excluding carboxylic acids is 1. The molecule has 0 spiro atoms. The van der Waals surface area contributed by atoms with E-state index in [9.17, 15) is 9.59 Å². The van der Waals surface area contributed by atoms with Gasteiger partial charge in [-0.05, 0) is 37.8 Å². The van der Waals surface area contributed by atoms with Crippen molar-refractivity contribution in [3.63, 3.8) is 0 Å². The second-order valence-corrected chi connectivity index (χ2v) is 6.04. The maximum absolute atomic E-state index is 12.2. The number of rotatable bonds is 5. The van der Waals surface area contributed by atoms with Gasteiger partial charge >= 0.3 is 0 Å². The second kappa shape index (κ2) is 7.29. The van der Waals surface area contributed by atoms with Crippen LogP contribution in [0.5, 0.6) is 5.88 Å². The van der Waals surface area contributed by atoms with Crippen molar-refractivity contribution in [2.24, 2.45) is 7.05 Å². The van der Waals surface area contributed by atoms with Crippen molar-refractivity contribution in [3.8, 4) is 5.88 Å². The summed E-state index contributed by atoms with van der Waals surface area (Å²) in [6.07, 6.45) is 7.96. The highest BCUT2D eigenvalue weighted by Gasteiger charge is 2.18. The van der Waals surface area contributed by atoms with Crippen molar-refractivity contribution in [2.75, 3.05) is 0 Å². The van der Waals surface area contributed by atoms with Crippen LogP contribution in [0.25, 0.3) is 0 Å². The van der Waals surface area contributed by atoms with Crippen molar-refractivity contribution in [2.45, 2.75) is 38.3 Å². The molecule has 0 unspecified atom stereocenters. The Hall–Kier alpha value is -2.63. The number of nitrogens with one attached hydrogen (secondary N) is 1. The first-order valence-electron chi connectivity index (χ1n) is 8.19.